The van der Waals surface area contributed by atoms with E-state index in [0.717, 1.165) is 11.4 Å². The highest BCUT2D eigenvalue weighted by molar-refractivity contribution is 5.94. The van der Waals surface area contributed by atoms with E-state index < -0.39 is 0 Å². The van der Waals surface area contributed by atoms with Gasteiger partial charge in [0, 0.05) is 57.2 Å². The number of piperazine rings is 1. The summed E-state index contributed by atoms with van der Waals surface area (Å²) in [4.78, 5) is 33.9. The van der Waals surface area contributed by atoms with Crippen LogP contribution in [0.1, 0.15) is 16.1 Å². The number of carbonyl (C=O) groups is 1. The molecule has 0 spiro atoms. The van der Waals surface area contributed by atoms with Gasteiger partial charge in [-0.1, -0.05) is 6.07 Å². The molecule has 0 saturated carbocycles. The molecule has 142 valence electrons. The van der Waals surface area contributed by atoms with Crippen LogP contribution in [0.3, 0.4) is 0 Å². The summed E-state index contributed by atoms with van der Waals surface area (Å²) in [6.07, 6.45) is 8.55. The first-order valence-electron chi connectivity index (χ1n) is 9.20. The second kappa shape index (κ2) is 8.43. The maximum atomic E-state index is 12.9. The Labute approximate surface area is 163 Å². The Morgan fingerprint density at radius 3 is 2.50 bits per heavy atom. The monoisotopic (exact) mass is 375 g/mol. The predicted octanol–water partition coefficient (Wildman–Crippen LogP) is 1.84. The summed E-state index contributed by atoms with van der Waals surface area (Å²) in [5.41, 5.74) is 2.31. The summed E-state index contributed by atoms with van der Waals surface area (Å²) >= 11 is 0. The highest BCUT2D eigenvalue weighted by Crippen LogP contribution is 2.15. The number of anilines is 2. The number of nitrogens with one attached hydrogen (secondary N) is 1. The van der Waals surface area contributed by atoms with Gasteiger partial charge in [-0.15, -0.1) is 0 Å². The molecule has 0 atom stereocenters. The molecule has 0 radical (unpaired) electrons. The maximum absolute atomic E-state index is 12.9. The molecule has 28 heavy (non-hydrogen) atoms. The van der Waals surface area contributed by atoms with Gasteiger partial charge in [0.2, 0.25) is 5.95 Å². The van der Waals surface area contributed by atoms with E-state index in [1.54, 1.807) is 37.1 Å². The van der Waals surface area contributed by atoms with Gasteiger partial charge in [-0.3, -0.25) is 14.8 Å². The van der Waals surface area contributed by atoms with Crippen LogP contribution in [0.15, 0.2) is 61.3 Å². The van der Waals surface area contributed by atoms with Gasteiger partial charge in [0.15, 0.2) is 0 Å². The van der Waals surface area contributed by atoms with Crippen molar-refractivity contribution in [1.29, 1.82) is 0 Å². The Morgan fingerprint density at radius 2 is 1.75 bits per heavy atom. The molecule has 3 aromatic heterocycles. The van der Waals surface area contributed by atoms with E-state index in [0.29, 0.717) is 44.2 Å². The summed E-state index contributed by atoms with van der Waals surface area (Å²) in [7, 11) is 0. The zero-order chi connectivity index (χ0) is 19.2. The normalized spacial score (nSPS) is 14.0. The number of carbonyl (C=O) groups excluding carboxylic acids is 1. The van der Waals surface area contributed by atoms with Crippen molar-refractivity contribution < 1.29 is 4.79 Å². The molecule has 8 heteroatoms. The number of rotatable bonds is 5. The number of pyridine rings is 2. The molecule has 0 aliphatic carbocycles. The van der Waals surface area contributed by atoms with Gasteiger partial charge in [0.1, 0.15) is 0 Å². The smallest absolute Gasteiger partial charge is 0.255 e. The average Bonchev–Trinajstić information content (AvgIpc) is 2.79. The molecule has 1 amide bonds. The van der Waals surface area contributed by atoms with Crippen molar-refractivity contribution in [3.05, 3.63) is 72.6 Å². The molecule has 1 saturated heterocycles. The molecule has 1 aliphatic rings. The van der Waals surface area contributed by atoms with Crippen molar-refractivity contribution in [2.75, 3.05) is 36.4 Å². The van der Waals surface area contributed by atoms with Crippen molar-refractivity contribution in [2.45, 2.75) is 6.54 Å². The third-order valence-electron chi connectivity index (χ3n) is 4.59. The standard InChI is InChI=1S/C20H21N7O/c28-19(26-8-10-27(11-9-26)20-23-6-3-7-24-20)16-12-18(14-21-13-16)25-15-17-4-1-2-5-22-17/h1-7,12-14,25H,8-11,15H2. The third-order valence-corrected chi connectivity index (χ3v) is 4.59. The van der Waals surface area contributed by atoms with Crippen LogP contribution in [0.25, 0.3) is 0 Å². The lowest BCUT2D eigenvalue weighted by atomic mass is 10.2. The van der Waals surface area contributed by atoms with Gasteiger partial charge < -0.3 is 15.1 Å². The van der Waals surface area contributed by atoms with E-state index in [-0.39, 0.29) is 5.91 Å². The largest absolute Gasteiger partial charge is 0.378 e. The van der Waals surface area contributed by atoms with Crippen LogP contribution in [0.2, 0.25) is 0 Å². The van der Waals surface area contributed by atoms with Gasteiger partial charge in [-0.05, 0) is 24.3 Å². The molecule has 1 N–H and O–H groups in total. The highest BCUT2D eigenvalue weighted by atomic mass is 16.2. The lowest BCUT2D eigenvalue weighted by molar-refractivity contribution is 0.0746. The molecule has 3 aromatic rings. The van der Waals surface area contributed by atoms with Gasteiger partial charge >= 0.3 is 0 Å². The fourth-order valence-electron chi connectivity index (χ4n) is 3.10. The van der Waals surface area contributed by atoms with Crippen LogP contribution in [-0.2, 0) is 6.54 Å². The molecule has 4 heterocycles. The van der Waals surface area contributed by atoms with Crippen LogP contribution in [-0.4, -0.2) is 56.9 Å². The molecule has 8 nitrogen and oxygen atoms in total. The van der Waals surface area contributed by atoms with Crippen molar-refractivity contribution in [1.82, 2.24) is 24.8 Å². The van der Waals surface area contributed by atoms with Gasteiger partial charge in [0.25, 0.3) is 5.91 Å². The number of nitrogens with zero attached hydrogens (tertiary/aromatic N) is 6. The fraction of sp³-hybridized carbons (Fsp3) is 0.250. The van der Waals surface area contributed by atoms with Crippen molar-refractivity contribution in [2.24, 2.45) is 0 Å². The summed E-state index contributed by atoms with van der Waals surface area (Å²) in [6.45, 7) is 3.25. The second-order valence-electron chi connectivity index (χ2n) is 6.46. The summed E-state index contributed by atoms with van der Waals surface area (Å²) in [6, 6.07) is 9.41. The third kappa shape index (κ3) is 4.22. The Kier molecular flexibility index (Phi) is 5.37. The van der Waals surface area contributed by atoms with Crippen molar-refractivity contribution >= 4 is 17.5 Å². The lowest BCUT2D eigenvalue weighted by Gasteiger charge is -2.34. The number of hydrogen-bond donors (Lipinski definition) is 1. The molecule has 1 fully saturated rings. The number of hydrogen-bond acceptors (Lipinski definition) is 7. The van der Waals surface area contributed by atoms with E-state index in [1.807, 2.05) is 29.2 Å². The van der Waals surface area contributed by atoms with Crippen LogP contribution in [0.4, 0.5) is 11.6 Å². The van der Waals surface area contributed by atoms with Crippen molar-refractivity contribution in [3.8, 4) is 0 Å². The first-order valence-corrected chi connectivity index (χ1v) is 9.20. The van der Waals surface area contributed by atoms with E-state index in [9.17, 15) is 4.79 Å². The second-order valence-corrected chi connectivity index (χ2v) is 6.46. The predicted molar refractivity (Wildman–Crippen MR) is 106 cm³/mol. The van der Waals surface area contributed by atoms with E-state index in [4.69, 9.17) is 0 Å². The summed E-state index contributed by atoms with van der Waals surface area (Å²) < 4.78 is 0. The van der Waals surface area contributed by atoms with E-state index in [2.05, 4.69) is 30.2 Å². The molecule has 0 bridgehead atoms. The Balaban J connectivity index is 1.36. The van der Waals surface area contributed by atoms with Crippen LogP contribution in [0.5, 0.6) is 0 Å². The molecule has 0 aromatic carbocycles. The highest BCUT2D eigenvalue weighted by Gasteiger charge is 2.23. The first-order chi connectivity index (χ1) is 13.8. The van der Waals surface area contributed by atoms with Crippen molar-refractivity contribution in [3.63, 3.8) is 0 Å². The fourth-order valence-corrected chi connectivity index (χ4v) is 3.10. The summed E-state index contributed by atoms with van der Waals surface area (Å²) in [5, 5.41) is 3.27. The maximum Gasteiger partial charge on any atom is 0.255 e. The van der Waals surface area contributed by atoms with E-state index >= 15 is 0 Å². The van der Waals surface area contributed by atoms with Crippen LogP contribution >= 0.6 is 0 Å². The quantitative estimate of drug-likeness (QED) is 0.728. The molecule has 4 rings (SSSR count). The Morgan fingerprint density at radius 1 is 0.964 bits per heavy atom. The van der Waals surface area contributed by atoms with Gasteiger partial charge in [0.05, 0.1) is 23.5 Å². The van der Waals surface area contributed by atoms with Gasteiger partial charge in [-0.2, -0.15) is 0 Å². The minimum Gasteiger partial charge on any atom is -0.378 e. The molecule has 1 aliphatic heterocycles. The summed E-state index contributed by atoms with van der Waals surface area (Å²) in [5.74, 6) is 0.694. The molecule has 0 unspecified atom stereocenters. The van der Waals surface area contributed by atoms with Crippen LogP contribution < -0.4 is 10.2 Å². The zero-order valence-electron chi connectivity index (χ0n) is 15.4. The zero-order valence-corrected chi connectivity index (χ0v) is 15.4. The SMILES string of the molecule is O=C(c1cncc(NCc2ccccn2)c1)N1CCN(c2ncccn2)CC1. The van der Waals surface area contributed by atoms with Crippen LogP contribution in [0, 0.1) is 0 Å². The van der Waals surface area contributed by atoms with Gasteiger partial charge in [-0.25, -0.2) is 9.97 Å². The Bertz CT molecular complexity index is 912. The Hall–Kier alpha value is -3.55. The minimum absolute atomic E-state index is 0.0115. The number of aromatic nitrogens is 4. The van der Waals surface area contributed by atoms with E-state index in [1.165, 1.54) is 0 Å². The topological polar surface area (TPSA) is 87.1 Å². The minimum atomic E-state index is -0.0115. The average molecular weight is 375 g/mol. The number of amides is 1. The molecular formula is C20H21N7O. The first kappa shape index (κ1) is 17.8. The molecular weight excluding hydrogens is 354 g/mol. The lowest BCUT2D eigenvalue weighted by Crippen LogP contribution is -2.49.